The molecule has 238 valence electrons. The van der Waals surface area contributed by atoms with Crippen LogP contribution in [0.5, 0.6) is 0 Å². The number of hydrogen-bond acceptors (Lipinski definition) is 4. The van der Waals surface area contributed by atoms with Crippen molar-refractivity contribution in [3.8, 4) is 0 Å². The molecule has 0 saturated carbocycles. The van der Waals surface area contributed by atoms with E-state index in [1.807, 2.05) is 93.0 Å². The molecule has 1 amide bonds. The smallest absolute Gasteiger partial charge is 0.254 e. The third kappa shape index (κ3) is 8.37. The monoisotopic (exact) mass is 702 g/mol. The molecule has 4 aromatic carbocycles. The van der Waals surface area contributed by atoms with Gasteiger partial charge in [0.05, 0.1) is 13.1 Å². The van der Waals surface area contributed by atoms with E-state index in [0.717, 1.165) is 22.3 Å². The van der Waals surface area contributed by atoms with E-state index in [0.29, 0.717) is 58.0 Å². The van der Waals surface area contributed by atoms with E-state index in [1.165, 1.54) is 0 Å². The summed E-state index contributed by atoms with van der Waals surface area (Å²) in [6.07, 6.45) is 7.76. The number of aromatic nitrogens is 4. The Balaban J connectivity index is 1.36. The van der Waals surface area contributed by atoms with Crippen molar-refractivity contribution in [1.82, 2.24) is 19.1 Å². The van der Waals surface area contributed by atoms with Crippen LogP contribution in [0, 0.1) is 0 Å². The standard InChI is InChI=1S/C36H30Cl4N6O/c37-29-17-26(18-30(38)21-29)23-44-15-12-41-35(44)43-34(47)33(28-9-5-2-6-10-28)46(14-11-25-7-3-1-4-8-25)36-42-13-16-45(36)24-27-19-31(39)22-32(40)20-27/h1-10,12-13,15-22,33H,11,14,23-24H2,(H,41,43,47). The zero-order chi connectivity index (χ0) is 32.8. The number of rotatable bonds is 12. The van der Waals surface area contributed by atoms with Crippen molar-refractivity contribution in [2.75, 3.05) is 16.8 Å². The maximum Gasteiger partial charge on any atom is 0.254 e. The van der Waals surface area contributed by atoms with Crippen LogP contribution in [0.1, 0.15) is 28.3 Å². The highest BCUT2D eigenvalue weighted by molar-refractivity contribution is 6.35. The minimum atomic E-state index is -0.755. The number of imidazole rings is 2. The summed E-state index contributed by atoms with van der Waals surface area (Å²) in [7, 11) is 0. The van der Waals surface area contributed by atoms with Crippen molar-refractivity contribution >= 4 is 64.2 Å². The molecule has 1 atom stereocenters. The number of benzene rings is 4. The van der Waals surface area contributed by atoms with Gasteiger partial charge in [0, 0.05) is 51.4 Å². The molecule has 6 aromatic rings. The van der Waals surface area contributed by atoms with Crippen molar-refractivity contribution in [1.29, 1.82) is 0 Å². The normalized spacial score (nSPS) is 11.7. The number of anilines is 2. The van der Waals surface area contributed by atoms with E-state index in [-0.39, 0.29) is 5.91 Å². The van der Waals surface area contributed by atoms with Gasteiger partial charge in [0.2, 0.25) is 11.9 Å². The molecule has 0 aliphatic heterocycles. The second-order valence-corrected chi connectivity index (χ2v) is 12.8. The van der Waals surface area contributed by atoms with Crippen LogP contribution in [0.15, 0.2) is 122 Å². The molecule has 47 heavy (non-hydrogen) atoms. The molecule has 11 heteroatoms. The van der Waals surface area contributed by atoms with Crippen molar-refractivity contribution in [3.63, 3.8) is 0 Å². The topological polar surface area (TPSA) is 68.0 Å². The van der Waals surface area contributed by atoms with Crippen molar-refractivity contribution in [2.45, 2.75) is 25.6 Å². The maximum absolute atomic E-state index is 14.5. The number of hydrogen-bond donors (Lipinski definition) is 1. The summed E-state index contributed by atoms with van der Waals surface area (Å²) in [6.45, 7) is 1.36. The van der Waals surface area contributed by atoms with E-state index in [1.54, 1.807) is 30.7 Å². The molecule has 0 bridgehead atoms. The predicted molar refractivity (Wildman–Crippen MR) is 191 cm³/mol. The molecule has 0 aliphatic carbocycles. The van der Waals surface area contributed by atoms with Crippen molar-refractivity contribution in [3.05, 3.63) is 164 Å². The summed E-state index contributed by atoms with van der Waals surface area (Å²) < 4.78 is 3.85. The van der Waals surface area contributed by atoms with Gasteiger partial charge in [-0.1, -0.05) is 107 Å². The molecule has 2 heterocycles. The summed E-state index contributed by atoms with van der Waals surface area (Å²) in [4.78, 5) is 25.8. The zero-order valence-electron chi connectivity index (χ0n) is 25.1. The van der Waals surface area contributed by atoms with Gasteiger partial charge in [0.1, 0.15) is 6.04 Å². The highest BCUT2D eigenvalue weighted by Crippen LogP contribution is 2.30. The lowest BCUT2D eigenvalue weighted by molar-refractivity contribution is -0.117. The molecular formula is C36H30Cl4N6O. The van der Waals surface area contributed by atoms with E-state index in [4.69, 9.17) is 51.4 Å². The lowest BCUT2D eigenvalue weighted by Gasteiger charge is -2.32. The fourth-order valence-electron chi connectivity index (χ4n) is 5.57. The SMILES string of the molecule is O=C(Nc1nccn1Cc1cc(Cl)cc(Cl)c1)C(c1ccccc1)N(CCc1ccccc1)c1nccn1Cc1cc(Cl)cc(Cl)c1. The first kappa shape index (κ1) is 32.7. The summed E-state index contributed by atoms with van der Waals surface area (Å²) in [5.74, 6) is 0.756. The molecule has 0 spiro atoms. The largest absolute Gasteiger partial charge is 0.326 e. The lowest BCUT2D eigenvalue weighted by Crippen LogP contribution is -2.40. The van der Waals surface area contributed by atoms with Gasteiger partial charge in [-0.3, -0.25) is 10.1 Å². The minimum Gasteiger partial charge on any atom is -0.326 e. The molecule has 0 radical (unpaired) electrons. The van der Waals surface area contributed by atoms with Crippen LogP contribution >= 0.6 is 46.4 Å². The molecule has 6 rings (SSSR count). The Bertz CT molecular complexity index is 1920. The number of nitrogens with zero attached hydrogens (tertiary/aromatic N) is 5. The quantitative estimate of drug-likeness (QED) is 0.138. The van der Waals surface area contributed by atoms with Gasteiger partial charge in [-0.2, -0.15) is 0 Å². The maximum atomic E-state index is 14.5. The van der Waals surface area contributed by atoms with Gasteiger partial charge >= 0.3 is 0 Å². The number of halogens is 4. The first-order valence-corrected chi connectivity index (χ1v) is 16.4. The van der Waals surface area contributed by atoms with Gasteiger partial charge in [-0.15, -0.1) is 0 Å². The first-order valence-electron chi connectivity index (χ1n) is 14.9. The second-order valence-electron chi connectivity index (χ2n) is 11.0. The fourth-order valence-corrected chi connectivity index (χ4v) is 6.71. The summed E-state index contributed by atoms with van der Waals surface area (Å²) in [6, 6.07) is 29.9. The van der Waals surface area contributed by atoms with Crippen LogP contribution in [0.25, 0.3) is 0 Å². The van der Waals surface area contributed by atoms with Crippen LogP contribution in [0.2, 0.25) is 20.1 Å². The Labute approximate surface area is 293 Å². The molecule has 2 aromatic heterocycles. The molecule has 1 unspecified atom stereocenters. The fraction of sp³-hybridized carbons (Fsp3) is 0.139. The summed E-state index contributed by atoms with van der Waals surface area (Å²) in [5.41, 5.74) is 3.73. The van der Waals surface area contributed by atoms with Gasteiger partial charge in [0.25, 0.3) is 5.91 Å². The summed E-state index contributed by atoms with van der Waals surface area (Å²) >= 11 is 25.2. The van der Waals surface area contributed by atoms with Gasteiger partial charge in [-0.05, 0) is 65.1 Å². The van der Waals surface area contributed by atoms with E-state index in [2.05, 4.69) is 22.4 Å². The van der Waals surface area contributed by atoms with Crippen molar-refractivity contribution < 1.29 is 4.79 Å². The average Bonchev–Trinajstić information content (AvgIpc) is 3.68. The van der Waals surface area contributed by atoms with E-state index < -0.39 is 6.04 Å². The van der Waals surface area contributed by atoms with Crippen LogP contribution in [-0.4, -0.2) is 31.6 Å². The lowest BCUT2D eigenvalue weighted by atomic mass is 10.0. The second kappa shape index (κ2) is 15.1. The Hall–Kier alpha value is -4.27. The molecular weight excluding hydrogens is 674 g/mol. The highest BCUT2D eigenvalue weighted by Gasteiger charge is 2.31. The highest BCUT2D eigenvalue weighted by atomic mass is 35.5. The van der Waals surface area contributed by atoms with Crippen molar-refractivity contribution in [2.24, 2.45) is 0 Å². The van der Waals surface area contributed by atoms with Crippen LogP contribution in [0.3, 0.4) is 0 Å². The number of nitrogens with one attached hydrogen (secondary N) is 1. The van der Waals surface area contributed by atoms with Crippen LogP contribution in [-0.2, 0) is 24.3 Å². The molecule has 0 fully saturated rings. The molecule has 1 N–H and O–H groups in total. The van der Waals surface area contributed by atoms with Crippen LogP contribution < -0.4 is 10.2 Å². The third-order valence-electron chi connectivity index (χ3n) is 7.61. The van der Waals surface area contributed by atoms with Gasteiger partial charge < -0.3 is 14.0 Å². The van der Waals surface area contributed by atoms with E-state index in [9.17, 15) is 4.79 Å². The average molecular weight is 704 g/mol. The Morgan fingerprint density at radius 1 is 0.681 bits per heavy atom. The Kier molecular flexibility index (Phi) is 10.5. The number of amides is 1. The Morgan fingerprint density at radius 3 is 1.83 bits per heavy atom. The molecule has 0 saturated heterocycles. The molecule has 7 nitrogen and oxygen atoms in total. The first-order chi connectivity index (χ1) is 22.8. The number of carbonyl (C=O) groups excluding carboxylic acids is 1. The minimum absolute atomic E-state index is 0.263. The Morgan fingerprint density at radius 2 is 1.21 bits per heavy atom. The number of carbonyl (C=O) groups is 1. The molecule has 0 aliphatic rings. The third-order valence-corrected chi connectivity index (χ3v) is 8.48. The zero-order valence-corrected chi connectivity index (χ0v) is 28.1. The van der Waals surface area contributed by atoms with Crippen LogP contribution in [0.4, 0.5) is 11.9 Å². The van der Waals surface area contributed by atoms with Gasteiger partial charge in [0.15, 0.2) is 0 Å². The van der Waals surface area contributed by atoms with E-state index >= 15 is 0 Å². The predicted octanol–water partition coefficient (Wildman–Crippen LogP) is 9.22. The summed E-state index contributed by atoms with van der Waals surface area (Å²) in [5, 5.41) is 5.26. The van der Waals surface area contributed by atoms with Gasteiger partial charge in [-0.25, -0.2) is 9.97 Å².